The molecule has 6 rings (SSSR count). The minimum Gasteiger partial charge on any atom is -0.0991 e. The standard InChI is InChI=1S/C41H46/c1-4-7-18-36-27-33-21-13-14-22-37(33)41-39(30(6-3)25-29-16-9-8-10-17-29)35(15-5-2)28-38(40(36)41)34-24-23-31-19-11-12-20-32(31)26-34/h5,8-12,15-16,19-20,23-26,30,36H,2,4,6-7,13-14,17-18,21-22,27-28H2,1,3H3/b29-25-,35-15+. The molecule has 210 valence electrons. The zero-order valence-electron chi connectivity index (χ0n) is 25.2. The van der Waals surface area contributed by atoms with Crippen LogP contribution in [0.25, 0.3) is 16.3 Å². The Kier molecular flexibility index (Phi) is 8.56. The van der Waals surface area contributed by atoms with Gasteiger partial charge in [-0.1, -0.05) is 118 Å². The maximum Gasteiger partial charge on any atom is 0.00302 e. The summed E-state index contributed by atoms with van der Waals surface area (Å²) in [6.45, 7) is 8.95. The van der Waals surface area contributed by atoms with Crippen LogP contribution in [-0.4, -0.2) is 0 Å². The quantitative estimate of drug-likeness (QED) is 0.313. The van der Waals surface area contributed by atoms with Gasteiger partial charge in [0.15, 0.2) is 0 Å². The van der Waals surface area contributed by atoms with E-state index in [-0.39, 0.29) is 0 Å². The zero-order chi connectivity index (χ0) is 28.2. The summed E-state index contributed by atoms with van der Waals surface area (Å²) in [6, 6.07) is 16.0. The highest BCUT2D eigenvalue weighted by molar-refractivity contribution is 5.90. The summed E-state index contributed by atoms with van der Waals surface area (Å²) in [6.07, 6.45) is 29.5. The highest BCUT2D eigenvalue weighted by Crippen LogP contribution is 2.55. The van der Waals surface area contributed by atoms with Gasteiger partial charge in [-0.2, -0.15) is 0 Å². The number of fused-ring (bicyclic) bond motifs is 3. The predicted octanol–water partition coefficient (Wildman–Crippen LogP) is 12.0. The van der Waals surface area contributed by atoms with Gasteiger partial charge in [-0.3, -0.25) is 0 Å². The van der Waals surface area contributed by atoms with Gasteiger partial charge in [-0.15, -0.1) is 0 Å². The van der Waals surface area contributed by atoms with Crippen molar-refractivity contribution in [2.75, 3.05) is 0 Å². The van der Waals surface area contributed by atoms with E-state index in [1.54, 1.807) is 33.4 Å². The van der Waals surface area contributed by atoms with Crippen LogP contribution in [0.15, 0.2) is 131 Å². The van der Waals surface area contributed by atoms with Gasteiger partial charge in [0.1, 0.15) is 0 Å². The Hall–Kier alpha value is -3.38. The van der Waals surface area contributed by atoms with Crippen LogP contribution in [-0.2, 0) is 0 Å². The molecular weight excluding hydrogens is 492 g/mol. The normalized spacial score (nSPS) is 23.4. The van der Waals surface area contributed by atoms with Crippen molar-refractivity contribution < 1.29 is 0 Å². The van der Waals surface area contributed by atoms with E-state index in [2.05, 4.69) is 99.3 Å². The number of rotatable bonds is 8. The molecule has 0 heteroatoms. The van der Waals surface area contributed by atoms with Crippen LogP contribution in [0.1, 0.15) is 90.0 Å². The Balaban J connectivity index is 1.64. The lowest BCUT2D eigenvalue weighted by molar-refractivity contribution is 0.488. The van der Waals surface area contributed by atoms with Crippen LogP contribution in [0.3, 0.4) is 0 Å². The molecule has 0 spiro atoms. The third kappa shape index (κ3) is 5.59. The van der Waals surface area contributed by atoms with Gasteiger partial charge in [0.25, 0.3) is 0 Å². The zero-order valence-corrected chi connectivity index (χ0v) is 25.2. The molecule has 0 saturated carbocycles. The first-order chi connectivity index (χ1) is 20.2. The van der Waals surface area contributed by atoms with Crippen molar-refractivity contribution in [3.05, 3.63) is 136 Å². The van der Waals surface area contributed by atoms with Gasteiger partial charge in [0.2, 0.25) is 0 Å². The maximum atomic E-state index is 4.21. The molecule has 0 bridgehead atoms. The van der Waals surface area contributed by atoms with E-state index >= 15 is 0 Å². The minimum absolute atomic E-state index is 0.413. The summed E-state index contributed by atoms with van der Waals surface area (Å²) >= 11 is 0. The fourth-order valence-electron chi connectivity index (χ4n) is 7.87. The molecule has 2 aromatic carbocycles. The van der Waals surface area contributed by atoms with Gasteiger partial charge in [0, 0.05) is 5.92 Å². The Bertz CT molecular complexity index is 1540. The second kappa shape index (κ2) is 12.6. The predicted molar refractivity (Wildman–Crippen MR) is 179 cm³/mol. The Labute approximate surface area is 248 Å². The molecule has 0 nitrogen and oxygen atoms in total. The van der Waals surface area contributed by atoms with E-state index in [1.165, 1.54) is 78.8 Å². The molecule has 0 N–H and O–H groups in total. The van der Waals surface area contributed by atoms with E-state index in [1.807, 2.05) is 6.08 Å². The van der Waals surface area contributed by atoms with Crippen LogP contribution in [0.2, 0.25) is 0 Å². The molecule has 4 aliphatic rings. The molecule has 4 aliphatic carbocycles. The van der Waals surface area contributed by atoms with Crippen LogP contribution in [0.5, 0.6) is 0 Å². The summed E-state index contributed by atoms with van der Waals surface area (Å²) in [5.41, 5.74) is 14.4. The highest BCUT2D eigenvalue weighted by Gasteiger charge is 2.38. The van der Waals surface area contributed by atoms with Crippen molar-refractivity contribution in [1.29, 1.82) is 0 Å². The summed E-state index contributed by atoms with van der Waals surface area (Å²) in [5, 5.41) is 2.67. The third-order valence-corrected chi connectivity index (χ3v) is 9.82. The fourth-order valence-corrected chi connectivity index (χ4v) is 7.87. The number of hydrogen-bond donors (Lipinski definition) is 0. The molecule has 41 heavy (non-hydrogen) atoms. The van der Waals surface area contributed by atoms with Gasteiger partial charge >= 0.3 is 0 Å². The first-order valence-electron chi connectivity index (χ1n) is 16.3. The van der Waals surface area contributed by atoms with Crippen molar-refractivity contribution in [3.63, 3.8) is 0 Å². The first-order valence-corrected chi connectivity index (χ1v) is 16.3. The lowest BCUT2D eigenvalue weighted by atomic mass is 9.62. The molecule has 0 saturated heterocycles. The van der Waals surface area contributed by atoms with Gasteiger partial charge in [-0.05, 0) is 125 Å². The molecule has 2 atom stereocenters. The van der Waals surface area contributed by atoms with Gasteiger partial charge < -0.3 is 0 Å². The average Bonchev–Trinajstić information content (AvgIpc) is 3.02. The van der Waals surface area contributed by atoms with E-state index in [4.69, 9.17) is 0 Å². The molecule has 2 unspecified atom stereocenters. The Morgan fingerprint density at radius 1 is 0.976 bits per heavy atom. The monoisotopic (exact) mass is 538 g/mol. The summed E-state index contributed by atoms with van der Waals surface area (Å²) in [5.74, 6) is 1.03. The molecule has 0 amide bonds. The number of unbranched alkanes of at least 4 members (excludes halogenated alkanes) is 1. The SMILES string of the molecule is C=C/C=C1\CC(c2ccc3ccccc3c2)=C2C(=C1C(/C=C1/C=CC=CC1)CC)C1=C(CCCC1)CC2CCCC. The highest BCUT2D eigenvalue weighted by atomic mass is 14.4. The second-order valence-electron chi connectivity index (χ2n) is 12.4. The molecule has 0 heterocycles. The summed E-state index contributed by atoms with van der Waals surface area (Å²) in [7, 11) is 0. The molecular formula is C41H46. The molecule has 2 aromatic rings. The maximum absolute atomic E-state index is 4.21. The summed E-state index contributed by atoms with van der Waals surface area (Å²) < 4.78 is 0. The second-order valence-corrected chi connectivity index (χ2v) is 12.4. The van der Waals surface area contributed by atoms with E-state index < -0.39 is 0 Å². The largest absolute Gasteiger partial charge is 0.0991 e. The third-order valence-electron chi connectivity index (χ3n) is 9.82. The van der Waals surface area contributed by atoms with E-state index in [0.29, 0.717) is 11.8 Å². The number of allylic oxidation sites excluding steroid dienone is 15. The molecule has 0 aliphatic heterocycles. The van der Waals surface area contributed by atoms with Crippen LogP contribution in [0, 0.1) is 11.8 Å². The molecule has 0 radical (unpaired) electrons. The topological polar surface area (TPSA) is 0 Å². The minimum atomic E-state index is 0.413. The first kappa shape index (κ1) is 27.8. The number of benzene rings is 2. The van der Waals surface area contributed by atoms with Crippen LogP contribution < -0.4 is 0 Å². The lowest BCUT2D eigenvalue weighted by Gasteiger charge is -2.42. The lowest BCUT2D eigenvalue weighted by Crippen LogP contribution is -2.26. The van der Waals surface area contributed by atoms with Crippen molar-refractivity contribution >= 4 is 16.3 Å². The Morgan fingerprint density at radius 2 is 1.83 bits per heavy atom. The van der Waals surface area contributed by atoms with Crippen LogP contribution >= 0.6 is 0 Å². The van der Waals surface area contributed by atoms with Gasteiger partial charge in [-0.25, -0.2) is 0 Å². The smallest absolute Gasteiger partial charge is 0.00302 e. The average molecular weight is 539 g/mol. The van der Waals surface area contributed by atoms with Crippen molar-refractivity contribution in [2.45, 2.75) is 84.5 Å². The van der Waals surface area contributed by atoms with Crippen molar-refractivity contribution in [1.82, 2.24) is 0 Å². The van der Waals surface area contributed by atoms with Crippen LogP contribution in [0.4, 0.5) is 0 Å². The number of hydrogen-bond acceptors (Lipinski definition) is 0. The van der Waals surface area contributed by atoms with Crippen molar-refractivity contribution in [3.8, 4) is 0 Å². The van der Waals surface area contributed by atoms with Gasteiger partial charge in [0.05, 0.1) is 0 Å². The molecule has 0 aromatic heterocycles. The van der Waals surface area contributed by atoms with E-state index in [9.17, 15) is 0 Å². The van der Waals surface area contributed by atoms with Crippen molar-refractivity contribution in [2.24, 2.45) is 11.8 Å². The van der Waals surface area contributed by atoms with E-state index in [0.717, 1.165) is 19.3 Å². The summed E-state index contributed by atoms with van der Waals surface area (Å²) in [4.78, 5) is 0. The Morgan fingerprint density at radius 3 is 2.61 bits per heavy atom. The fraction of sp³-hybridized carbons (Fsp3) is 0.366. The molecule has 0 fully saturated rings.